The van der Waals surface area contributed by atoms with Crippen molar-refractivity contribution in [1.82, 2.24) is 15.1 Å². The van der Waals surface area contributed by atoms with Crippen LogP contribution in [0, 0.1) is 0 Å². The molecule has 0 bridgehead atoms. The van der Waals surface area contributed by atoms with Crippen molar-refractivity contribution in [2.45, 2.75) is 13.3 Å². The summed E-state index contributed by atoms with van der Waals surface area (Å²) >= 11 is 0. The van der Waals surface area contributed by atoms with E-state index in [1.807, 2.05) is 6.92 Å². The Labute approximate surface area is 134 Å². The first-order valence-electron chi connectivity index (χ1n) is 7.28. The van der Waals surface area contributed by atoms with Crippen LogP contribution in [0.5, 0.6) is 11.5 Å². The molecule has 0 saturated carbocycles. The number of amides is 1. The Morgan fingerprint density at radius 1 is 1.52 bits per heavy atom. The van der Waals surface area contributed by atoms with Gasteiger partial charge in [0.05, 0.1) is 13.3 Å². The molecule has 0 unspecified atom stereocenters. The van der Waals surface area contributed by atoms with E-state index in [0.717, 1.165) is 6.42 Å². The number of ether oxygens (including phenoxy) is 1. The minimum atomic E-state index is -0.228. The molecule has 2 rings (SSSR count). The van der Waals surface area contributed by atoms with Crippen LogP contribution in [0.2, 0.25) is 0 Å². The Bertz CT molecular complexity index is 722. The second-order valence-corrected chi connectivity index (χ2v) is 4.91. The lowest BCUT2D eigenvalue weighted by Gasteiger charge is -2.06. The summed E-state index contributed by atoms with van der Waals surface area (Å²) in [5.41, 5.74) is 1.30. The van der Waals surface area contributed by atoms with Crippen molar-refractivity contribution in [2.24, 2.45) is 12.0 Å². The molecule has 23 heavy (non-hydrogen) atoms. The van der Waals surface area contributed by atoms with Crippen LogP contribution in [0.1, 0.15) is 29.4 Å². The van der Waals surface area contributed by atoms with Crippen LogP contribution in [0.3, 0.4) is 0 Å². The van der Waals surface area contributed by atoms with Gasteiger partial charge in [-0.15, -0.1) is 0 Å². The van der Waals surface area contributed by atoms with Crippen LogP contribution >= 0.6 is 0 Å². The summed E-state index contributed by atoms with van der Waals surface area (Å²) in [6.45, 7) is 2.57. The highest BCUT2D eigenvalue weighted by Gasteiger charge is 2.16. The number of hydrogen-bond acceptors (Lipinski definition) is 5. The maximum atomic E-state index is 12.2. The molecular formula is C16H20N4O3. The third kappa shape index (κ3) is 3.68. The average Bonchev–Trinajstić information content (AvgIpc) is 2.92. The lowest BCUT2D eigenvalue weighted by molar-refractivity contribution is 0.0945. The van der Waals surface area contributed by atoms with Crippen LogP contribution in [-0.2, 0) is 7.05 Å². The number of nitrogens with one attached hydrogen (secondary N) is 1. The number of carbonyl (C=O) groups excluding carboxylic acids is 1. The molecule has 122 valence electrons. The second kappa shape index (κ2) is 7.44. The van der Waals surface area contributed by atoms with Crippen molar-refractivity contribution < 1.29 is 14.6 Å². The number of rotatable bonds is 6. The van der Waals surface area contributed by atoms with Crippen molar-refractivity contribution in [1.29, 1.82) is 0 Å². The Morgan fingerprint density at radius 3 is 3.00 bits per heavy atom. The number of carbonyl (C=O) groups is 1. The number of phenolic OH excluding ortho intramolecular Hbond substituents is 1. The van der Waals surface area contributed by atoms with Crippen LogP contribution in [-0.4, -0.2) is 40.7 Å². The van der Waals surface area contributed by atoms with Crippen molar-refractivity contribution >= 4 is 17.8 Å². The van der Waals surface area contributed by atoms with E-state index in [1.54, 1.807) is 25.2 Å². The number of aromatic nitrogens is 2. The molecule has 0 spiro atoms. The van der Waals surface area contributed by atoms with Gasteiger partial charge in [-0.25, -0.2) is 0 Å². The van der Waals surface area contributed by atoms with E-state index in [4.69, 9.17) is 4.74 Å². The molecule has 1 aromatic carbocycles. The minimum absolute atomic E-state index is 0.000347. The van der Waals surface area contributed by atoms with Gasteiger partial charge in [-0.2, -0.15) is 5.10 Å². The molecule has 1 heterocycles. The average molecular weight is 316 g/mol. The molecule has 0 aliphatic rings. The van der Waals surface area contributed by atoms with E-state index in [1.165, 1.54) is 24.2 Å². The SMILES string of the molecule is CCCNC(=O)c1c(N=Cc2cccc(OC)c2O)cnn1C. The highest BCUT2D eigenvalue weighted by atomic mass is 16.5. The smallest absolute Gasteiger partial charge is 0.271 e. The van der Waals surface area contributed by atoms with E-state index in [-0.39, 0.29) is 11.7 Å². The first kappa shape index (κ1) is 16.5. The molecule has 0 aliphatic heterocycles. The summed E-state index contributed by atoms with van der Waals surface area (Å²) in [5, 5.41) is 16.9. The molecule has 1 aromatic heterocycles. The molecule has 0 fully saturated rings. The van der Waals surface area contributed by atoms with E-state index in [0.29, 0.717) is 29.2 Å². The van der Waals surface area contributed by atoms with Gasteiger partial charge in [-0.1, -0.05) is 13.0 Å². The van der Waals surface area contributed by atoms with Gasteiger partial charge in [0.25, 0.3) is 5.91 Å². The van der Waals surface area contributed by atoms with Crippen molar-refractivity contribution in [3.63, 3.8) is 0 Å². The topological polar surface area (TPSA) is 88.7 Å². The van der Waals surface area contributed by atoms with Gasteiger partial charge in [0.15, 0.2) is 17.2 Å². The van der Waals surface area contributed by atoms with E-state index < -0.39 is 0 Å². The van der Waals surface area contributed by atoms with Gasteiger partial charge < -0.3 is 15.2 Å². The zero-order valence-corrected chi connectivity index (χ0v) is 13.4. The molecule has 7 nitrogen and oxygen atoms in total. The molecule has 0 aliphatic carbocycles. The normalized spacial score (nSPS) is 10.9. The van der Waals surface area contributed by atoms with Crippen LogP contribution < -0.4 is 10.1 Å². The Hall–Kier alpha value is -2.83. The molecule has 1 amide bonds. The van der Waals surface area contributed by atoms with E-state index >= 15 is 0 Å². The first-order valence-corrected chi connectivity index (χ1v) is 7.28. The Morgan fingerprint density at radius 2 is 2.30 bits per heavy atom. The van der Waals surface area contributed by atoms with Gasteiger partial charge in [0, 0.05) is 25.4 Å². The molecular weight excluding hydrogens is 296 g/mol. The maximum absolute atomic E-state index is 12.2. The second-order valence-electron chi connectivity index (χ2n) is 4.91. The summed E-state index contributed by atoms with van der Waals surface area (Å²) in [7, 11) is 3.16. The fraction of sp³-hybridized carbons (Fsp3) is 0.312. The van der Waals surface area contributed by atoms with Crippen molar-refractivity contribution in [3.8, 4) is 11.5 Å². The number of aromatic hydroxyl groups is 1. The summed E-state index contributed by atoms with van der Waals surface area (Å²) in [4.78, 5) is 16.4. The van der Waals surface area contributed by atoms with Gasteiger partial charge >= 0.3 is 0 Å². The fourth-order valence-corrected chi connectivity index (χ4v) is 2.05. The lowest BCUT2D eigenvalue weighted by atomic mass is 10.2. The molecule has 0 atom stereocenters. The summed E-state index contributed by atoms with van der Waals surface area (Å²) < 4.78 is 6.53. The molecule has 0 saturated heterocycles. The quantitative estimate of drug-likeness (QED) is 0.798. The van der Waals surface area contributed by atoms with Crippen LogP contribution in [0.25, 0.3) is 0 Å². The molecule has 7 heteroatoms. The summed E-state index contributed by atoms with van der Waals surface area (Å²) in [6, 6.07) is 5.10. The maximum Gasteiger partial charge on any atom is 0.271 e. The monoisotopic (exact) mass is 316 g/mol. The molecule has 2 aromatic rings. The number of para-hydroxylation sites is 1. The zero-order valence-electron chi connectivity index (χ0n) is 13.4. The fourth-order valence-electron chi connectivity index (χ4n) is 2.05. The Kier molecular flexibility index (Phi) is 5.35. The number of aryl methyl sites for hydroxylation is 1. The van der Waals surface area contributed by atoms with Crippen molar-refractivity contribution in [2.75, 3.05) is 13.7 Å². The third-order valence-electron chi connectivity index (χ3n) is 3.26. The molecule has 2 N–H and O–H groups in total. The van der Waals surface area contributed by atoms with Gasteiger partial charge in [0.2, 0.25) is 0 Å². The lowest BCUT2D eigenvalue weighted by Crippen LogP contribution is -2.26. The van der Waals surface area contributed by atoms with E-state index in [9.17, 15) is 9.90 Å². The van der Waals surface area contributed by atoms with Crippen molar-refractivity contribution in [3.05, 3.63) is 35.7 Å². The largest absolute Gasteiger partial charge is 0.504 e. The van der Waals surface area contributed by atoms with Crippen LogP contribution in [0.4, 0.5) is 5.69 Å². The minimum Gasteiger partial charge on any atom is -0.504 e. The van der Waals surface area contributed by atoms with Gasteiger partial charge in [-0.05, 0) is 18.6 Å². The highest BCUT2D eigenvalue weighted by molar-refractivity contribution is 5.98. The number of methoxy groups -OCH3 is 1. The number of benzene rings is 1. The standard InChI is InChI=1S/C16H20N4O3/c1-4-8-17-16(22)14-12(10-19-20(14)2)18-9-11-6-5-7-13(23-3)15(11)21/h5-7,9-10,21H,4,8H2,1-3H3,(H,17,22). The van der Waals surface area contributed by atoms with Crippen LogP contribution in [0.15, 0.2) is 29.4 Å². The summed E-state index contributed by atoms with van der Waals surface area (Å²) in [5.74, 6) is 0.134. The predicted octanol–water partition coefficient (Wildman–Crippen LogP) is 2.02. The number of aliphatic imine (C=N–C) groups is 1. The molecule has 0 radical (unpaired) electrons. The zero-order chi connectivity index (χ0) is 16.8. The highest BCUT2D eigenvalue weighted by Crippen LogP contribution is 2.28. The predicted molar refractivity (Wildman–Crippen MR) is 87.7 cm³/mol. The summed E-state index contributed by atoms with van der Waals surface area (Å²) in [6.07, 6.45) is 3.83. The first-order chi connectivity index (χ1) is 11.1. The van der Waals surface area contributed by atoms with Gasteiger partial charge in [-0.3, -0.25) is 14.5 Å². The third-order valence-corrected chi connectivity index (χ3v) is 3.26. The van der Waals surface area contributed by atoms with E-state index in [2.05, 4.69) is 15.4 Å². The number of phenols is 1. The Balaban J connectivity index is 2.29. The number of nitrogens with zero attached hydrogens (tertiary/aromatic N) is 3. The van der Waals surface area contributed by atoms with Gasteiger partial charge in [0.1, 0.15) is 5.69 Å². The number of hydrogen-bond donors (Lipinski definition) is 2.